The topological polar surface area (TPSA) is 30.9 Å². The number of likely N-dealkylation sites (tertiary alicyclic amines) is 2. The Hall–Kier alpha value is -0.0400. The summed E-state index contributed by atoms with van der Waals surface area (Å²) in [4.78, 5) is 9.98. The van der Waals surface area contributed by atoms with Crippen LogP contribution in [-0.4, -0.2) is 61.6 Å². The summed E-state index contributed by atoms with van der Waals surface area (Å²) in [5, 5.41) is 3.48. The summed E-state index contributed by atoms with van der Waals surface area (Å²) in [6, 6.07) is 0. The van der Waals surface area contributed by atoms with Gasteiger partial charge in [0.25, 0.3) is 0 Å². The molecule has 2 heterocycles. The minimum Gasteiger partial charge on any atom is -0.357 e. The van der Waals surface area contributed by atoms with E-state index in [-0.39, 0.29) is 24.0 Å². The lowest BCUT2D eigenvalue weighted by Gasteiger charge is -2.33. The van der Waals surface area contributed by atoms with Crippen LogP contribution in [0.2, 0.25) is 0 Å². The van der Waals surface area contributed by atoms with Crippen LogP contribution >= 0.6 is 24.0 Å². The third-order valence-corrected chi connectivity index (χ3v) is 5.13. The molecule has 0 saturated carbocycles. The van der Waals surface area contributed by atoms with Crippen molar-refractivity contribution in [2.45, 2.75) is 65.2 Å². The number of unbranched alkanes of at least 4 members (excludes halogenated alkanes) is 2. The minimum absolute atomic E-state index is 0. The van der Waals surface area contributed by atoms with Gasteiger partial charge >= 0.3 is 0 Å². The van der Waals surface area contributed by atoms with Crippen LogP contribution in [0.5, 0.6) is 0 Å². The van der Waals surface area contributed by atoms with E-state index in [0.717, 1.165) is 25.0 Å². The monoisotopic (exact) mass is 450 g/mol. The maximum atomic E-state index is 4.87. The largest absolute Gasteiger partial charge is 0.357 e. The van der Waals surface area contributed by atoms with E-state index in [1.165, 1.54) is 84.1 Å². The van der Waals surface area contributed by atoms with Gasteiger partial charge in [-0.25, -0.2) is 0 Å². The summed E-state index contributed by atoms with van der Waals surface area (Å²) in [5.74, 6) is 1.95. The molecule has 2 aliphatic rings. The number of hydrogen-bond donors (Lipinski definition) is 1. The number of rotatable bonds is 7. The number of nitrogens with zero attached hydrogens (tertiary/aromatic N) is 3. The lowest BCUT2D eigenvalue weighted by molar-refractivity contribution is 0.224. The lowest BCUT2D eigenvalue weighted by Crippen LogP contribution is -2.46. The molecule has 2 aliphatic heterocycles. The van der Waals surface area contributed by atoms with Crippen LogP contribution in [0.4, 0.5) is 0 Å². The Morgan fingerprint density at radius 2 is 1.83 bits per heavy atom. The van der Waals surface area contributed by atoms with Gasteiger partial charge in [0.05, 0.1) is 0 Å². The molecule has 1 atom stereocenters. The van der Waals surface area contributed by atoms with Gasteiger partial charge in [-0.05, 0) is 71.0 Å². The average Bonchev–Trinajstić information content (AvgIpc) is 2.58. The summed E-state index contributed by atoms with van der Waals surface area (Å²) in [5.41, 5.74) is 0. The molecular weight excluding hydrogens is 411 g/mol. The van der Waals surface area contributed by atoms with E-state index < -0.39 is 0 Å². The van der Waals surface area contributed by atoms with Gasteiger partial charge in [-0.3, -0.25) is 4.99 Å². The van der Waals surface area contributed by atoms with Crippen molar-refractivity contribution in [1.82, 2.24) is 15.1 Å². The molecule has 0 aromatic heterocycles. The third kappa shape index (κ3) is 8.37. The van der Waals surface area contributed by atoms with Gasteiger partial charge in [-0.1, -0.05) is 19.8 Å². The molecule has 0 spiro atoms. The van der Waals surface area contributed by atoms with E-state index in [1.807, 2.05) is 0 Å². The molecule has 2 rings (SSSR count). The van der Waals surface area contributed by atoms with E-state index in [4.69, 9.17) is 4.99 Å². The smallest absolute Gasteiger partial charge is 0.193 e. The Kier molecular flexibility index (Phi) is 12.1. The molecular formula is C19H39IN4. The van der Waals surface area contributed by atoms with E-state index in [1.54, 1.807) is 0 Å². The van der Waals surface area contributed by atoms with Crippen molar-refractivity contribution in [2.24, 2.45) is 10.9 Å². The third-order valence-electron chi connectivity index (χ3n) is 5.13. The van der Waals surface area contributed by atoms with Crippen LogP contribution in [0.15, 0.2) is 4.99 Å². The highest BCUT2D eigenvalue weighted by Gasteiger charge is 2.18. The molecule has 1 N–H and O–H groups in total. The van der Waals surface area contributed by atoms with Crippen LogP contribution in [-0.2, 0) is 0 Å². The van der Waals surface area contributed by atoms with Crippen molar-refractivity contribution < 1.29 is 0 Å². The lowest BCUT2D eigenvalue weighted by atomic mass is 10.0. The van der Waals surface area contributed by atoms with Crippen LogP contribution in [0.1, 0.15) is 65.2 Å². The van der Waals surface area contributed by atoms with Crippen molar-refractivity contribution in [3.63, 3.8) is 0 Å². The highest BCUT2D eigenvalue weighted by atomic mass is 127. The molecule has 0 aromatic carbocycles. The Morgan fingerprint density at radius 3 is 2.54 bits per heavy atom. The van der Waals surface area contributed by atoms with Gasteiger partial charge in [0.1, 0.15) is 0 Å². The SMILES string of the molecule is CCNC(=NCCCCCN1CCCCC1)N1CCCC(C)C1.I. The van der Waals surface area contributed by atoms with E-state index in [0.29, 0.717) is 0 Å². The molecule has 0 aliphatic carbocycles. The fraction of sp³-hybridized carbons (Fsp3) is 0.947. The van der Waals surface area contributed by atoms with Crippen LogP contribution < -0.4 is 5.32 Å². The van der Waals surface area contributed by atoms with E-state index in [2.05, 4.69) is 29.0 Å². The summed E-state index contributed by atoms with van der Waals surface area (Å²) in [6.45, 7) is 12.8. The molecule has 24 heavy (non-hydrogen) atoms. The Morgan fingerprint density at radius 1 is 1.04 bits per heavy atom. The van der Waals surface area contributed by atoms with Gasteiger partial charge < -0.3 is 15.1 Å². The summed E-state index contributed by atoms with van der Waals surface area (Å²) < 4.78 is 0. The molecule has 0 bridgehead atoms. The van der Waals surface area contributed by atoms with Crippen molar-refractivity contribution in [3.05, 3.63) is 0 Å². The number of hydrogen-bond acceptors (Lipinski definition) is 2. The van der Waals surface area contributed by atoms with Crippen molar-refractivity contribution in [2.75, 3.05) is 45.8 Å². The molecule has 142 valence electrons. The zero-order chi connectivity index (χ0) is 16.3. The zero-order valence-electron chi connectivity index (χ0n) is 15.9. The van der Waals surface area contributed by atoms with Gasteiger partial charge in [0.2, 0.25) is 0 Å². The van der Waals surface area contributed by atoms with Gasteiger partial charge in [0, 0.05) is 26.2 Å². The molecule has 2 fully saturated rings. The summed E-state index contributed by atoms with van der Waals surface area (Å²) in [7, 11) is 0. The molecule has 5 heteroatoms. The number of halogens is 1. The van der Waals surface area contributed by atoms with Crippen molar-refractivity contribution >= 4 is 29.9 Å². The standard InChI is InChI=1S/C19H38N4.HI/c1-3-20-19(23-16-10-11-18(2)17-23)21-12-6-4-7-13-22-14-8-5-9-15-22;/h18H,3-17H2,1-2H3,(H,20,21);1H. The van der Waals surface area contributed by atoms with Crippen LogP contribution in [0.3, 0.4) is 0 Å². The Balaban J connectivity index is 0.00000288. The zero-order valence-corrected chi connectivity index (χ0v) is 18.3. The number of nitrogens with one attached hydrogen (secondary N) is 1. The summed E-state index contributed by atoms with van der Waals surface area (Å²) >= 11 is 0. The fourth-order valence-corrected chi connectivity index (χ4v) is 3.80. The van der Waals surface area contributed by atoms with Gasteiger partial charge in [-0.2, -0.15) is 0 Å². The first kappa shape index (κ1) is 22.0. The Labute approximate surface area is 166 Å². The first-order valence-electron chi connectivity index (χ1n) is 10.0. The Bertz CT molecular complexity index is 342. The molecule has 0 amide bonds. The highest BCUT2D eigenvalue weighted by molar-refractivity contribution is 14.0. The molecule has 2 saturated heterocycles. The molecule has 0 radical (unpaired) electrons. The summed E-state index contributed by atoms with van der Waals surface area (Å²) in [6.07, 6.45) is 10.8. The molecule has 0 aromatic rings. The molecule has 4 nitrogen and oxygen atoms in total. The van der Waals surface area contributed by atoms with E-state index in [9.17, 15) is 0 Å². The van der Waals surface area contributed by atoms with Crippen molar-refractivity contribution in [3.8, 4) is 0 Å². The predicted molar refractivity (Wildman–Crippen MR) is 116 cm³/mol. The number of guanidine groups is 1. The van der Waals surface area contributed by atoms with Gasteiger partial charge in [0.15, 0.2) is 5.96 Å². The first-order valence-corrected chi connectivity index (χ1v) is 10.0. The second kappa shape index (κ2) is 13.2. The maximum absolute atomic E-state index is 4.87. The van der Waals surface area contributed by atoms with Crippen LogP contribution in [0.25, 0.3) is 0 Å². The average molecular weight is 450 g/mol. The van der Waals surface area contributed by atoms with E-state index >= 15 is 0 Å². The fourth-order valence-electron chi connectivity index (χ4n) is 3.80. The first-order chi connectivity index (χ1) is 11.3. The van der Waals surface area contributed by atoms with Crippen molar-refractivity contribution in [1.29, 1.82) is 0 Å². The quantitative estimate of drug-likeness (QED) is 0.276. The van der Waals surface area contributed by atoms with Crippen LogP contribution in [0, 0.1) is 5.92 Å². The second-order valence-corrected chi connectivity index (χ2v) is 7.39. The second-order valence-electron chi connectivity index (χ2n) is 7.39. The normalized spacial score (nSPS) is 23.0. The number of piperidine rings is 2. The predicted octanol–water partition coefficient (Wildman–Crippen LogP) is 3.96. The van der Waals surface area contributed by atoms with Gasteiger partial charge in [-0.15, -0.1) is 24.0 Å². The highest BCUT2D eigenvalue weighted by Crippen LogP contribution is 2.15. The molecule has 1 unspecified atom stereocenters. The minimum atomic E-state index is 0. The number of aliphatic imine (C=N–C) groups is 1. The maximum Gasteiger partial charge on any atom is 0.193 e.